The Bertz CT molecular complexity index is 366. The first-order valence-corrected chi connectivity index (χ1v) is 5.80. The van der Waals surface area contributed by atoms with Crippen LogP contribution >= 0.6 is 15.9 Å². The summed E-state index contributed by atoms with van der Waals surface area (Å²) in [6, 6.07) is 6.31. The van der Waals surface area contributed by atoms with E-state index in [1.807, 2.05) is 0 Å². The average molecular weight is 291 g/mol. The molecule has 0 aliphatic carbocycles. The summed E-state index contributed by atoms with van der Waals surface area (Å²) in [6.07, 6.45) is 0.874. The van der Waals surface area contributed by atoms with Crippen molar-refractivity contribution in [3.8, 4) is 0 Å². The van der Waals surface area contributed by atoms with Crippen LogP contribution in [-0.2, 0) is 6.42 Å². The van der Waals surface area contributed by atoms with Gasteiger partial charge in [0.1, 0.15) is 0 Å². The number of hydrogen-bond donors (Lipinski definition) is 0. The van der Waals surface area contributed by atoms with E-state index in [2.05, 4.69) is 29.8 Å². The van der Waals surface area contributed by atoms with Gasteiger partial charge in [-0.2, -0.15) is 8.78 Å². The van der Waals surface area contributed by atoms with Crippen molar-refractivity contribution in [2.45, 2.75) is 25.1 Å². The molecule has 16 heavy (non-hydrogen) atoms. The highest BCUT2D eigenvalue weighted by atomic mass is 79.9. The van der Waals surface area contributed by atoms with Crippen molar-refractivity contribution >= 4 is 21.7 Å². The second-order valence-electron chi connectivity index (χ2n) is 4.12. The molecule has 0 atom stereocenters. The molecule has 1 aromatic carbocycles. The van der Waals surface area contributed by atoms with Crippen molar-refractivity contribution in [2.75, 3.05) is 0 Å². The Morgan fingerprint density at radius 2 is 1.81 bits per heavy atom. The number of rotatable bonds is 4. The summed E-state index contributed by atoms with van der Waals surface area (Å²) in [5.41, 5.74) is 1.07. The largest absolute Gasteiger partial charge is 0.363 e. The van der Waals surface area contributed by atoms with Gasteiger partial charge >= 0.3 is 4.83 Å². The van der Waals surface area contributed by atoms with Crippen LogP contribution in [0.15, 0.2) is 24.3 Å². The molecule has 0 saturated carbocycles. The summed E-state index contributed by atoms with van der Waals surface area (Å²) < 4.78 is 25.4. The Kier molecular flexibility index (Phi) is 4.19. The molecule has 0 heterocycles. The molecule has 0 saturated heterocycles. The smallest absolute Gasteiger partial charge is 0.286 e. The lowest BCUT2D eigenvalue weighted by Gasteiger charge is -2.08. The van der Waals surface area contributed by atoms with Gasteiger partial charge in [0, 0.05) is 5.56 Å². The molecule has 88 valence electrons. The summed E-state index contributed by atoms with van der Waals surface area (Å²) in [7, 11) is 0. The number of carbonyl (C=O) groups is 1. The van der Waals surface area contributed by atoms with Gasteiger partial charge in [-0.1, -0.05) is 38.1 Å². The van der Waals surface area contributed by atoms with E-state index < -0.39 is 10.6 Å². The van der Waals surface area contributed by atoms with Crippen molar-refractivity contribution in [3.63, 3.8) is 0 Å². The predicted molar refractivity (Wildman–Crippen MR) is 63.2 cm³/mol. The molecule has 1 rings (SSSR count). The monoisotopic (exact) mass is 290 g/mol. The number of ketones is 1. The zero-order valence-electron chi connectivity index (χ0n) is 9.14. The Labute approximate surface area is 102 Å². The Balaban J connectivity index is 2.83. The fraction of sp³-hybridized carbons (Fsp3) is 0.417. The normalized spacial score (nSPS) is 11.9. The molecular formula is C12H13BrF2O. The van der Waals surface area contributed by atoms with E-state index in [4.69, 9.17) is 0 Å². The van der Waals surface area contributed by atoms with Crippen LogP contribution in [0.2, 0.25) is 0 Å². The maximum absolute atomic E-state index is 12.7. The first kappa shape index (κ1) is 13.3. The quantitative estimate of drug-likeness (QED) is 0.604. The van der Waals surface area contributed by atoms with Crippen LogP contribution in [0.4, 0.5) is 8.78 Å². The van der Waals surface area contributed by atoms with E-state index in [1.54, 1.807) is 12.1 Å². The lowest BCUT2D eigenvalue weighted by atomic mass is 10.0. The molecule has 0 fully saturated rings. The molecule has 0 amide bonds. The van der Waals surface area contributed by atoms with Crippen LogP contribution in [0.3, 0.4) is 0 Å². The van der Waals surface area contributed by atoms with Gasteiger partial charge < -0.3 is 0 Å². The third-order valence-electron chi connectivity index (χ3n) is 2.12. The van der Waals surface area contributed by atoms with E-state index >= 15 is 0 Å². The summed E-state index contributed by atoms with van der Waals surface area (Å²) in [5.74, 6) is -0.706. The number of alkyl halides is 3. The van der Waals surface area contributed by atoms with E-state index in [9.17, 15) is 13.6 Å². The lowest BCUT2D eigenvalue weighted by molar-refractivity contribution is 0.0592. The van der Waals surface area contributed by atoms with Gasteiger partial charge in [0.2, 0.25) is 5.78 Å². The number of hydrogen-bond acceptors (Lipinski definition) is 1. The van der Waals surface area contributed by atoms with Crippen LogP contribution in [-0.4, -0.2) is 10.6 Å². The number of carbonyl (C=O) groups excluding carboxylic acids is 1. The van der Waals surface area contributed by atoms with Crippen molar-refractivity contribution in [1.82, 2.24) is 0 Å². The molecule has 0 unspecified atom stereocenters. The minimum atomic E-state index is -3.48. The van der Waals surface area contributed by atoms with Gasteiger partial charge in [0.25, 0.3) is 0 Å². The zero-order valence-corrected chi connectivity index (χ0v) is 10.7. The summed E-state index contributed by atoms with van der Waals surface area (Å²) in [6.45, 7) is 4.15. The topological polar surface area (TPSA) is 17.1 Å². The van der Waals surface area contributed by atoms with Crippen LogP contribution in [0.1, 0.15) is 29.8 Å². The molecule has 1 aromatic rings. The molecule has 0 spiro atoms. The molecule has 4 heteroatoms. The minimum absolute atomic E-state index is 0.0226. The molecular weight excluding hydrogens is 278 g/mol. The standard InChI is InChI=1S/C12H13BrF2O/c1-8(2)7-9-3-5-10(6-4-9)11(16)12(13,14)15/h3-6,8H,7H2,1-2H3. The summed E-state index contributed by atoms with van der Waals surface area (Å²) >= 11 is 2.06. The van der Waals surface area contributed by atoms with Gasteiger partial charge in [-0.15, -0.1) is 0 Å². The number of benzene rings is 1. The van der Waals surface area contributed by atoms with E-state index in [-0.39, 0.29) is 5.56 Å². The van der Waals surface area contributed by atoms with Gasteiger partial charge in [0.15, 0.2) is 0 Å². The maximum Gasteiger partial charge on any atom is 0.363 e. The van der Waals surface area contributed by atoms with Crippen molar-refractivity contribution in [2.24, 2.45) is 5.92 Å². The molecule has 0 aliphatic heterocycles. The van der Waals surface area contributed by atoms with Crippen LogP contribution < -0.4 is 0 Å². The molecule has 0 radical (unpaired) electrons. The molecule has 0 aliphatic rings. The van der Waals surface area contributed by atoms with Crippen LogP contribution in [0.5, 0.6) is 0 Å². The fourth-order valence-corrected chi connectivity index (χ4v) is 1.66. The molecule has 0 bridgehead atoms. The second-order valence-corrected chi connectivity index (χ2v) is 5.12. The molecule has 0 aromatic heterocycles. The van der Waals surface area contributed by atoms with Gasteiger partial charge in [-0.05, 0) is 33.8 Å². The van der Waals surface area contributed by atoms with Gasteiger partial charge in [-0.25, -0.2) is 0 Å². The van der Waals surface area contributed by atoms with Crippen molar-refractivity contribution in [1.29, 1.82) is 0 Å². The Morgan fingerprint density at radius 3 is 2.19 bits per heavy atom. The predicted octanol–water partition coefficient (Wildman–Crippen LogP) is 4.06. The highest BCUT2D eigenvalue weighted by Gasteiger charge is 2.35. The highest BCUT2D eigenvalue weighted by Crippen LogP contribution is 2.26. The van der Waals surface area contributed by atoms with Crippen LogP contribution in [0.25, 0.3) is 0 Å². The summed E-state index contributed by atoms with van der Waals surface area (Å²) in [5, 5.41) is 0. The van der Waals surface area contributed by atoms with E-state index in [1.165, 1.54) is 12.1 Å². The van der Waals surface area contributed by atoms with Crippen LogP contribution in [0, 0.1) is 5.92 Å². The average Bonchev–Trinajstić information content (AvgIpc) is 2.15. The second kappa shape index (κ2) is 5.04. The fourth-order valence-electron chi connectivity index (χ4n) is 1.43. The first-order chi connectivity index (χ1) is 7.30. The Morgan fingerprint density at radius 1 is 1.31 bits per heavy atom. The molecule has 1 nitrogen and oxygen atoms in total. The van der Waals surface area contributed by atoms with Crippen molar-refractivity contribution in [3.05, 3.63) is 35.4 Å². The lowest BCUT2D eigenvalue weighted by Crippen LogP contribution is -2.20. The van der Waals surface area contributed by atoms with Gasteiger partial charge in [0.05, 0.1) is 0 Å². The third kappa shape index (κ3) is 3.67. The zero-order chi connectivity index (χ0) is 12.3. The number of halogens is 3. The molecule has 0 N–H and O–H groups in total. The van der Waals surface area contributed by atoms with E-state index in [0.717, 1.165) is 12.0 Å². The van der Waals surface area contributed by atoms with Crippen molar-refractivity contribution < 1.29 is 13.6 Å². The summed E-state index contributed by atoms with van der Waals surface area (Å²) in [4.78, 5) is 7.72. The first-order valence-electron chi connectivity index (χ1n) is 5.01. The number of Topliss-reactive ketones (excluding diaryl/α,β-unsaturated/α-hetero) is 1. The third-order valence-corrected chi connectivity index (χ3v) is 2.48. The SMILES string of the molecule is CC(C)Cc1ccc(C(=O)C(F)(F)Br)cc1. The maximum atomic E-state index is 12.7. The minimum Gasteiger partial charge on any atom is -0.286 e. The van der Waals surface area contributed by atoms with Gasteiger partial charge in [-0.3, -0.25) is 4.79 Å². The van der Waals surface area contributed by atoms with E-state index in [0.29, 0.717) is 5.92 Å². The highest BCUT2D eigenvalue weighted by molar-refractivity contribution is 9.10. The Hall–Kier alpha value is -0.770.